The summed E-state index contributed by atoms with van der Waals surface area (Å²) < 4.78 is 0. The number of aromatic nitrogens is 3. The maximum Gasteiger partial charge on any atom is 0.327 e. The lowest BCUT2D eigenvalue weighted by Crippen LogP contribution is -2.34. The van der Waals surface area contributed by atoms with Gasteiger partial charge in [0, 0.05) is 6.08 Å². The number of anilines is 3. The second-order valence-corrected chi connectivity index (χ2v) is 4.25. The van der Waals surface area contributed by atoms with E-state index in [0.29, 0.717) is 0 Å². The van der Waals surface area contributed by atoms with Gasteiger partial charge in [-0.15, -0.1) is 0 Å². The quantitative estimate of drug-likeness (QED) is 0.154. The van der Waals surface area contributed by atoms with Gasteiger partial charge in [-0.2, -0.15) is 15.0 Å². The zero-order valence-electron chi connectivity index (χ0n) is 13.7. The van der Waals surface area contributed by atoms with Crippen LogP contribution in [0.5, 0.6) is 0 Å². The molecule has 0 saturated heterocycles. The second-order valence-electron chi connectivity index (χ2n) is 4.25. The highest BCUT2D eigenvalue weighted by atomic mass is 16.4. The predicted molar refractivity (Wildman–Crippen MR) is 87.6 cm³/mol. The number of carboxylic acid groups (broad SMARTS) is 1. The largest absolute Gasteiger partial charge is 0.478 e. The van der Waals surface area contributed by atoms with E-state index in [1.165, 1.54) is 0 Å². The molecule has 0 spiro atoms. The smallest absolute Gasteiger partial charge is 0.327 e. The molecule has 0 saturated carbocycles. The molecule has 14 nitrogen and oxygen atoms in total. The molecule has 0 unspecified atom stereocenters. The Balaban J connectivity index is 0.00000110. The Morgan fingerprint density at radius 3 is 1.04 bits per heavy atom. The van der Waals surface area contributed by atoms with Gasteiger partial charge in [-0.1, -0.05) is 6.58 Å². The Bertz CT molecular complexity index is 476. The summed E-state index contributed by atoms with van der Waals surface area (Å²) in [4.78, 5) is 23.7. The average molecular weight is 378 g/mol. The van der Waals surface area contributed by atoms with Gasteiger partial charge in [0.15, 0.2) is 0 Å². The highest BCUT2D eigenvalue weighted by Crippen LogP contribution is 2.18. The third-order valence-electron chi connectivity index (χ3n) is 2.65. The van der Waals surface area contributed by atoms with Crippen molar-refractivity contribution >= 4 is 23.8 Å². The van der Waals surface area contributed by atoms with Crippen LogP contribution in [0.25, 0.3) is 0 Å². The normalized spacial score (nSPS) is 9.77. The van der Waals surface area contributed by atoms with E-state index in [0.717, 1.165) is 20.8 Å². The topological polar surface area (TPSA) is 207 Å². The fourth-order valence-corrected chi connectivity index (χ4v) is 1.28. The molecule has 148 valence electrons. The minimum Gasteiger partial charge on any atom is -0.478 e. The molecule has 1 aromatic rings. The number of hydrogen-bond acceptors (Lipinski definition) is 13. The summed E-state index contributed by atoms with van der Waals surface area (Å²) >= 11 is 0. The zero-order valence-corrected chi connectivity index (χ0v) is 13.7. The molecular weight excluding hydrogens is 356 g/mol. The monoisotopic (exact) mass is 378 g/mol. The molecule has 0 amide bonds. The van der Waals surface area contributed by atoms with E-state index in [2.05, 4.69) is 21.5 Å². The number of hydrogen-bond donors (Lipinski definition) is 7. The molecule has 1 aromatic heterocycles. The molecule has 0 aliphatic rings. The second kappa shape index (κ2) is 12.7. The van der Waals surface area contributed by atoms with Crippen molar-refractivity contribution in [2.24, 2.45) is 0 Å². The molecule has 14 heteroatoms. The highest BCUT2D eigenvalue weighted by Gasteiger charge is 2.18. The van der Waals surface area contributed by atoms with E-state index in [1.807, 2.05) is 0 Å². The van der Waals surface area contributed by atoms with Crippen molar-refractivity contribution in [2.75, 3.05) is 55.1 Å². The molecule has 1 heterocycles. The molecular formula is C12H22N6O8. The van der Waals surface area contributed by atoms with Crippen molar-refractivity contribution in [3.8, 4) is 0 Å². The van der Waals surface area contributed by atoms with Crippen LogP contribution in [-0.4, -0.2) is 97.1 Å². The van der Waals surface area contributed by atoms with Crippen LogP contribution in [0, 0.1) is 0 Å². The standard InChI is InChI=1S/C9H18N6O6.C3H4O2/c16-1-13(2-17)7-10-8(14(3-18)4-19)12-9(11-7)15(5-20)6-21;1-2-3(4)5/h16-21H,1-6H2;2H,1H2,(H,4,5). The van der Waals surface area contributed by atoms with Gasteiger partial charge in [-0.3, -0.25) is 14.7 Å². The fraction of sp³-hybridized carbons (Fsp3) is 0.500. The number of aliphatic hydroxyl groups is 6. The van der Waals surface area contributed by atoms with E-state index in [-0.39, 0.29) is 17.8 Å². The van der Waals surface area contributed by atoms with Crippen LogP contribution in [0.3, 0.4) is 0 Å². The zero-order chi connectivity index (χ0) is 20.1. The Hall–Kier alpha value is -2.62. The summed E-state index contributed by atoms with van der Waals surface area (Å²) in [5.41, 5.74) is 0. The van der Waals surface area contributed by atoms with Crippen molar-refractivity contribution in [1.29, 1.82) is 0 Å². The van der Waals surface area contributed by atoms with Crippen LogP contribution in [0.2, 0.25) is 0 Å². The third-order valence-corrected chi connectivity index (χ3v) is 2.65. The van der Waals surface area contributed by atoms with E-state index >= 15 is 0 Å². The molecule has 0 aliphatic heterocycles. The minimum atomic E-state index is -0.981. The van der Waals surface area contributed by atoms with E-state index in [4.69, 9.17) is 35.7 Å². The summed E-state index contributed by atoms with van der Waals surface area (Å²) in [5.74, 6) is -1.48. The average Bonchev–Trinajstić information content (AvgIpc) is 2.65. The summed E-state index contributed by atoms with van der Waals surface area (Å²) in [7, 11) is 0. The van der Waals surface area contributed by atoms with Crippen molar-refractivity contribution in [3.63, 3.8) is 0 Å². The van der Waals surface area contributed by atoms with Gasteiger partial charge in [-0.25, -0.2) is 4.79 Å². The van der Waals surface area contributed by atoms with E-state index in [9.17, 15) is 4.79 Å². The predicted octanol–water partition coefficient (Wildman–Crippen LogP) is -3.75. The fourth-order valence-electron chi connectivity index (χ4n) is 1.28. The molecule has 7 N–H and O–H groups in total. The number of rotatable bonds is 10. The number of carbonyl (C=O) groups is 1. The summed E-state index contributed by atoms with van der Waals surface area (Å²) in [6.07, 6.45) is 0.833. The Morgan fingerprint density at radius 1 is 0.731 bits per heavy atom. The Morgan fingerprint density at radius 2 is 0.923 bits per heavy atom. The van der Waals surface area contributed by atoms with Crippen molar-refractivity contribution < 1.29 is 40.5 Å². The lowest BCUT2D eigenvalue weighted by molar-refractivity contribution is -0.131. The lowest BCUT2D eigenvalue weighted by Gasteiger charge is -2.24. The van der Waals surface area contributed by atoms with Gasteiger partial charge < -0.3 is 35.7 Å². The van der Waals surface area contributed by atoms with Gasteiger partial charge in [0.05, 0.1) is 0 Å². The van der Waals surface area contributed by atoms with E-state index < -0.39 is 46.4 Å². The molecule has 26 heavy (non-hydrogen) atoms. The number of nitrogens with zero attached hydrogens (tertiary/aromatic N) is 6. The van der Waals surface area contributed by atoms with Crippen molar-refractivity contribution in [3.05, 3.63) is 12.7 Å². The van der Waals surface area contributed by atoms with Gasteiger partial charge in [0.1, 0.15) is 40.4 Å². The molecule has 0 aromatic carbocycles. The van der Waals surface area contributed by atoms with E-state index in [1.54, 1.807) is 0 Å². The van der Waals surface area contributed by atoms with Gasteiger partial charge in [0.2, 0.25) is 17.8 Å². The van der Waals surface area contributed by atoms with Crippen LogP contribution >= 0.6 is 0 Å². The van der Waals surface area contributed by atoms with Crippen LogP contribution in [0.1, 0.15) is 0 Å². The molecule has 0 fully saturated rings. The summed E-state index contributed by atoms with van der Waals surface area (Å²) in [5, 5.41) is 62.3. The van der Waals surface area contributed by atoms with Crippen LogP contribution < -0.4 is 14.7 Å². The first-order chi connectivity index (χ1) is 12.4. The molecule has 1 rings (SSSR count). The number of aliphatic hydroxyl groups excluding tert-OH is 6. The third kappa shape index (κ3) is 7.09. The molecule has 0 aliphatic carbocycles. The summed E-state index contributed by atoms with van der Waals surface area (Å²) in [6, 6.07) is 0. The number of aliphatic carboxylic acids is 1. The van der Waals surface area contributed by atoms with Crippen LogP contribution in [0.15, 0.2) is 12.7 Å². The summed E-state index contributed by atoms with van der Waals surface area (Å²) in [6.45, 7) is -0.647. The first kappa shape index (κ1) is 23.4. The van der Waals surface area contributed by atoms with Crippen LogP contribution in [0.4, 0.5) is 17.8 Å². The van der Waals surface area contributed by atoms with Crippen molar-refractivity contribution in [1.82, 2.24) is 15.0 Å². The van der Waals surface area contributed by atoms with Gasteiger partial charge in [0.25, 0.3) is 0 Å². The van der Waals surface area contributed by atoms with Gasteiger partial charge >= 0.3 is 5.97 Å². The number of carboxylic acids is 1. The first-order valence-corrected chi connectivity index (χ1v) is 6.93. The SMILES string of the molecule is C=CC(=O)O.OCN(CO)c1nc(N(CO)CO)nc(N(CO)CO)n1. The molecule has 0 radical (unpaired) electrons. The Kier molecular flexibility index (Phi) is 11.4. The Labute approximate surface area is 148 Å². The lowest BCUT2D eigenvalue weighted by atomic mass is 10.6. The molecule has 0 atom stereocenters. The van der Waals surface area contributed by atoms with Crippen LogP contribution in [-0.2, 0) is 4.79 Å². The maximum atomic E-state index is 9.25. The highest BCUT2D eigenvalue weighted by molar-refractivity contribution is 5.78. The van der Waals surface area contributed by atoms with Gasteiger partial charge in [-0.05, 0) is 0 Å². The molecule has 0 bridgehead atoms. The maximum absolute atomic E-state index is 9.25. The minimum absolute atomic E-state index is 0.168. The first-order valence-electron chi connectivity index (χ1n) is 6.93. The van der Waals surface area contributed by atoms with Crippen molar-refractivity contribution in [2.45, 2.75) is 0 Å².